The molecule has 10 heteroatoms. The number of hydrogen-bond donors (Lipinski definition) is 3. The number of nitrogens with one attached hydrogen (secondary N) is 2. The summed E-state index contributed by atoms with van der Waals surface area (Å²) in [5, 5.41) is 17.7. The van der Waals surface area contributed by atoms with E-state index in [1.54, 1.807) is 11.6 Å². The van der Waals surface area contributed by atoms with Gasteiger partial charge in [0.15, 0.2) is 15.5 Å². The van der Waals surface area contributed by atoms with Gasteiger partial charge in [-0.05, 0) is 71.6 Å². The van der Waals surface area contributed by atoms with Crippen LogP contribution < -0.4 is 14.8 Å². The third kappa shape index (κ3) is 4.82. The Bertz CT molecular complexity index is 2000. The molecule has 1 aliphatic heterocycles. The molecule has 1 unspecified atom stereocenters. The number of benzene rings is 4. The average Bonchev–Trinajstić information content (AvgIpc) is 3.60. The van der Waals surface area contributed by atoms with E-state index in [9.17, 15) is 9.90 Å². The number of ether oxygens (including phenoxy) is 1. The fourth-order valence-corrected chi connectivity index (χ4v) is 8.76. The van der Waals surface area contributed by atoms with Crippen LogP contribution in [0.1, 0.15) is 45.9 Å². The second-order valence-corrected chi connectivity index (χ2v) is 14.6. The molecule has 3 aliphatic rings. The maximum absolute atomic E-state index is 15.8. The molecule has 3 N–H and O–H groups in total. The summed E-state index contributed by atoms with van der Waals surface area (Å²) in [6, 6.07) is 30.6. The van der Waals surface area contributed by atoms with Gasteiger partial charge in [0.05, 0.1) is 19.3 Å². The Kier molecular flexibility index (Phi) is 6.96. The lowest BCUT2D eigenvalue weighted by Gasteiger charge is -2.33. The third-order valence-electron chi connectivity index (χ3n) is 9.55. The number of amides is 2. The minimum atomic E-state index is -3.87. The number of carbonyl (C=O) groups is 1. The summed E-state index contributed by atoms with van der Waals surface area (Å²) in [5.74, 6) is 0.201. The van der Waals surface area contributed by atoms with Crippen molar-refractivity contribution in [2.75, 3.05) is 11.9 Å². The zero-order valence-electron chi connectivity index (χ0n) is 26.0. The third-order valence-corrected chi connectivity index (χ3v) is 11.4. The average molecular weight is 646 g/mol. The minimum absolute atomic E-state index is 0.131. The fourth-order valence-electron chi connectivity index (χ4n) is 6.93. The van der Waals surface area contributed by atoms with Gasteiger partial charge < -0.3 is 15.2 Å². The lowest BCUT2D eigenvalue weighted by molar-refractivity contribution is 0.0399. The monoisotopic (exact) mass is 645 g/mol. The summed E-state index contributed by atoms with van der Waals surface area (Å²) >= 11 is 0. The lowest BCUT2D eigenvalue weighted by atomic mass is 9.76. The molecule has 9 nitrogen and oxygen atoms in total. The van der Waals surface area contributed by atoms with Crippen LogP contribution in [0.4, 0.5) is 10.5 Å². The largest absolute Gasteiger partial charge is 0.466 e. The van der Waals surface area contributed by atoms with E-state index in [4.69, 9.17) is 9.10 Å². The zero-order chi connectivity index (χ0) is 32.2. The molecule has 2 aliphatic carbocycles. The standard InChI is InChI=1S/C37H35N5O4S/c1-36(24-43)23-42-34(46-36)32(22-38-42)47(45,40-35(44)39-33-30-19-17-25(30)21-26-18-20-31(26)33)41-37(27-11-5-2-6-12-27,28-13-7-3-8-14-28)29-15-9-4-10-16-29/h2-16,21-22,43H,17-20,23-24H2,1H3,(H2,39,40,41,44,45)/t36-,47?/m0/s1. The van der Waals surface area contributed by atoms with Gasteiger partial charge in [-0.1, -0.05) is 97.1 Å². The van der Waals surface area contributed by atoms with Crippen molar-refractivity contribution in [3.8, 4) is 5.88 Å². The van der Waals surface area contributed by atoms with Gasteiger partial charge in [-0.3, -0.25) is 0 Å². The molecule has 2 atom stereocenters. The summed E-state index contributed by atoms with van der Waals surface area (Å²) in [7, 11) is -3.87. The maximum Gasteiger partial charge on any atom is 0.331 e. The number of rotatable bonds is 8. The molecular formula is C37H35N5O4S. The summed E-state index contributed by atoms with van der Waals surface area (Å²) in [6.45, 7) is 1.75. The molecule has 5 aromatic rings. The van der Waals surface area contributed by atoms with Crippen LogP contribution in [-0.4, -0.2) is 37.3 Å². The van der Waals surface area contributed by atoms with Gasteiger partial charge in [-0.2, -0.15) is 9.46 Å². The number of carbonyl (C=O) groups excluding carboxylic acids is 1. The summed E-state index contributed by atoms with van der Waals surface area (Å²) in [4.78, 5) is 14.2. The first-order valence-electron chi connectivity index (χ1n) is 15.9. The Morgan fingerprint density at radius 1 is 0.915 bits per heavy atom. The van der Waals surface area contributed by atoms with E-state index in [1.807, 2.05) is 91.0 Å². The smallest absolute Gasteiger partial charge is 0.331 e. The molecule has 0 saturated carbocycles. The van der Waals surface area contributed by atoms with E-state index in [2.05, 4.69) is 21.2 Å². The minimum Gasteiger partial charge on any atom is -0.466 e. The first-order valence-corrected chi connectivity index (χ1v) is 17.4. The second-order valence-electron chi connectivity index (χ2n) is 12.7. The van der Waals surface area contributed by atoms with Crippen molar-refractivity contribution in [3.63, 3.8) is 0 Å². The van der Waals surface area contributed by atoms with E-state index in [0.29, 0.717) is 0 Å². The van der Waals surface area contributed by atoms with Gasteiger partial charge in [-0.25, -0.2) is 18.4 Å². The number of aliphatic hydroxyl groups is 1. The van der Waals surface area contributed by atoms with Crippen LogP contribution in [0, 0.1) is 0 Å². The number of urea groups is 1. The summed E-state index contributed by atoms with van der Waals surface area (Å²) in [5.41, 5.74) is 5.63. The van der Waals surface area contributed by atoms with Gasteiger partial charge in [-0.15, -0.1) is 0 Å². The highest BCUT2D eigenvalue weighted by molar-refractivity contribution is 7.92. The molecule has 47 heavy (non-hydrogen) atoms. The molecule has 238 valence electrons. The normalized spacial score (nSPS) is 18.7. The SMILES string of the molecule is C[C@@]1(CO)Cn2ncc(S(=O)(=NC(c3ccccc3)(c3ccccc3)c3ccccc3)NC(=O)Nc3c4c(cc5c3CC5)CC4)c2O1. The van der Waals surface area contributed by atoms with Crippen molar-refractivity contribution < 1.29 is 18.8 Å². The van der Waals surface area contributed by atoms with E-state index < -0.39 is 27.1 Å². The first-order chi connectivity index (χ1) is 22.8. The molecule has 0 spiro atoms. The van der Waals surface area contributed by atoms with Gasteiger partial charge in [0.1, 0.15) is 10.4 Å². The van der Waals surface area contributed by atoms with Crippen molar-refractivity contribution in [2.45, 2.75) is 55.2 Å². The van der Waals surface area contributed by atoms with Crippen LogP contribution >= 0.6 is 0 Å². The van der Waals surface area contributed by atoms with Gasteiger partial charge in [0, 0.05) is 5.69 Å². The number of aliphatic hydroxyl groups excluding tert-OH is 1. The van der Waals surface area contributed by atoms with Crippen molar-refractivity contribution in [3.05, 3.63) is 142 Å². The van der Waals surface area contributed by atoms with Crippen LogP contribution in [0.3, 0.4) is 0 Å². The number of fused-ring (bicyclic) bond motifs is 3. The van der Waals surface area contributed by atoms with Gasteiger partial charge >= 0.3 is 6.03 Å². The number of nitrogens with zero attached hydrogens (tertiary/aromatic N) is 3. The molecule has 0 radical (unpaired) electrons. The number of hydrogen-bond acceptors (Lipinski definition) is 6. The van der Waals surface area contributed by atoms with Gasteiger partial charge in [0.25, 0.3) is 0 Å². The van der Waals surface area contributed by atoms with Crippen LogP contribution in [-0.2, 0) is 47.7 Å². The maximum atomic E-state index is 15.8. The highest BCUT2D eigenvalue weighted by Crippen LogP contribution is 2.45. The van der Waals surface area contributed by atoms with E-state index in [1.165, 1.54) is 17.3 Å². The molecular weight excluding hydrogens is 611 g/mol. The Hall–Kier alpha value is -4.93. The lowest BCUT2D eigenvalue weighted by Crippen LogP contribution is -2.39. The van der Waals surface area contributed by atoms with Crippen LogP contribution in [0.5, 0.6) is 5.88 Å². The molecule has 2 amide bonds. The highest BCUT2D eigenvalue weighted by atomic mass is 32.2. The Balaban J connectivity index is 1.35. The van der Waals surface area contributed by atoms with Crippen LogP contribution in [0.15, 0.2) is 113 Å². The zero-order valence-corrected chi connectivity index (χ0v) is 26.8. The molecule has 2 heterocycles. The topological polar surface area (TPSA) is 118 Å². The van der Waals surface area contributed by atoms with Crippen molar-refractivity contribution in [1.29, 1.82) is 0 Å². The molecule has 1 aromatic heterocycles. The Morgan fingerprint density at radius 3 is 1.91 bits per heavy atom. The molecule has 8 rings (SSSR count). The predicted octanol–water partition coefficient (Wildman–Crippen LogP) is 5.78. The molecule has 0 bridgehead atoms. The van der Waals surface area contributed by atoms with Crippen molar-refractivity contribution >= 4 is 21.6 Å². The van der Waals surface area contributed by atoms with E-state index in [-0.39, 0.29) is 23.9 Å². The summed E-state index contributed by atoms with van der Waals surface area (Å²) in [6.07, 6.45) is 5.21. The fraction of sp³-hybridized carbons (Fsp3) is 0.243. The van der Waals surface area contributed by atoms with Crippen LogP contribution in [0.25, 0.3) is 0 Å². The summed E-state index contributed by atoms with van der Waals surface area (Å²) < 4.78 is 31.8. The van der Waals surface area contributed by atoms with E-state index >= 15 is 4.21 Å². The first kappa shape index (κ1) is 29.5. The number of aryl methyl sites for hydroxylation is 2. The molecule has 4 aromatic carbocycles. The number of aromatic nitrogens is 2. The Labute approximate surface area is 273 Å². The van der Waals surface area contributed by atoms with Crippen molar-refractivity contribution in [1.82, 2.24) is 14.5 Å². The van der Waals surface area contributed by atoms with E-state index in [0.717, 1.165) is 59.2 Å². The highest BCUT2D eigenvalue weighted by Gasteiger charge is 2.43. The molecule has 0 fully saturated rings. The number of anilines is 1. The quantitative estimate of drug-likeness (QED) is 0.185. The Morgan fingerprint density at radius 2 is 1.45 bits per heavy atom. The molecule has 0 saturated heterocycles. The van der Waals surface area contributed by atoms with Gasteiger partial charge in [0.2, 0.25) is 5.88 Å². The van der Waals surface area contributed by atoms with Crippen molar-refractivity contribution in [2.24, 2.45) is 4.36 Å². The second kappa shape index (κ2) is 11.1. The van der Waals surface area contributed by atoms with Crippen LogP contribution in [0.2, 0.25) is 0 Å². The predicted molar refractivity (Wildman–Crippen MR) is 180 cm³/mol.